The highest BCUT2D eigenvalue weighted by atomic mass is 32.2. The van der Waals surface area contributed by atoms with Crippen LogP contribution in [0.1, 0.15) is 10.4 Å². The van der Waals surface area contributed by atoms with E-state index in [1.165, 1.54) is 16.7 Å². The highest BCUT2D eigenvalue weighted by molar-refractivity contribution is 8.00. The van der Waals surface area contributed by atoms with Crippen molar-refractivity contribution in [1.82, 2.24) is 10.2 Å². The summed E-state index contributed by atoms with van der Waals surface area (Å²) >= 11 is 2.90. The lowest BCUT2D eigenvalue weighted by Crippen LogP contribution is -2.30. The molecule has 1 N–H and O–H groups in total. The molecule has 0 saturated heterocycles. The summed E-state index contributed by atoms with van der Waals surface area (Å²) in [4.78, 5) is 39.3. The number of carbonyl (C=O) groups excluding carboxylic acids is 3. The summed E-state index contributed by atoms with van der Waals surface area (Å²) in [6.45, 7) is 0.138. The van der Waals surface area contributed by atoms with Crippen molar-refractivity contribution >= 4 is 41.3 Å². The van der Waals surface area contributed by atoms with Crippen LogP contribution in [0, 0.1) is 0 Å². The van der Waals surface area contributed by atoms with Gasteiger partial charge in [0.05, 0.1) is 11.3 Å². The Morgan fingerprint density at radius 2 is 1.66 bits per heavy atom. The Labute approximate surface area is 179 Å². The van der Waals surface area contributed by atoms with Gasteiger partial charge in [-0.2, -0.15) is 0 Å². The molecule has 154 valence electrons. The van der Waals surface area contributed by atoms with Crippen LogP contribution in [-0.2, 0) is 14.3 Å². The van der Waals surface area contributed by atoms with E-state index in [0.717, 1.165) is 10.6 Å². The molecule has 2 aromatic rings. The maximum absolute atomic E-state index is 12.3. The summed E-state index contributed by atoms with van der Waals surface area (Å²) in [7, 11) is 3.36. The quantitative estimate of drug-likeness (QED) is 0.353. The number of hydrogen-bond acceptors (Lipinski definition) is 6. The fourth-order valence-corrected chi connectivity index (χ4v) is 3.97. The largest absolute Gasteiger partial charge is 0.452 e. The number of nitrogens with one attached hydrogen (secondary N) is 1. The van der Waals surface area contributed by atoms with Gasteiger partial charge in [-0.1, -0.05) is 30.3 Å². The second-order valence-electron chi connectivity index (χ2n) is 6.16. The van der Waals surface area contributed by atoms with Gasteiger partial charge >= 0.3 is 5.97 Å². The number of thioether (sulfide) groups is 2. The molecule has 0 bridgehead atoms. The minimum atomic E-state index is -0.584. The predicted molar refractivity (Wildman–Crippen MR) is 116 cm³/mol. The van der Waals surface area contributed by atoms with Gasteiger partial charge in [-0.25, -0.2) is 4.79 Å². The van der Waals surface area contributed by atoms with Crippen LogP contribution in [0.4, 0.5) is 0 Å². The van der Waals surface area contributed by atoms with Crippen molar-refractivity contribution < 1.29 is 19.1 Å². The minimum Gasteiger partial charge on any atom is -0.452 e. The van der Waals surface area contributed by atoms with E-state index in [1.807, 2.05) is 30.3 Å². The van der Waals surface area contributed by atoms with Crippen LogP contribution in [0.25, 0.3) is 0 Å². The topological polar surface area (TPSA) is 75.7 Å². The molecule has 0 aliphatic heterocycles. The number of amides is 2. The predicted octanol–water partition coefficient (Wildman–Crippen LogP) is 2.93. The number of hydrogen-bond donors (Lipinski definition) is 1. The summed E-state index contributed by atoms with van der Waals surface area (Å²) in [5, 5.41) is 2.73. The number of rotatable bonds is 10. The third-order valence-corrected chi connectivity index (χ3v) is 5.80. The summed E-state index contributed by atoms with van der Waals surface area (Å²) in [6, 6.07) is 16.8. The number of nitrogens with zero attached hydrogens (tertiary/aromatic N) is 1. The molecule has 0 aliphatic rings. The number of esters is 1. The van der Waals surface area contributed by atoms with Crippen molar-refractivity contribution in [1.29, 1.82) is 0 Å². The average Bonchev–Trinajstić information content (AvgIpc) is 2.74. The molecular formula is C21H24N2O4S2. The first kappa shape index (κ1) is 22.8. The van der Waals surface area contributed by atoms with Crippen molar-refractivity contribution in [2.45, 2.75) is 9.79 Å². The summed E-state index contributed by atoms with van der Waals surface area (Å²) in [6.07, 6.45) is 0. The smallest absolute Gasteiger partial charge is 0.339 e. The number of ether oxygens (including phenoxy) is 1. The van der Waals surface area contributed by atoms with Crippen molar-refractivity contribution in [3.63, 3.8) is 0 Å². The Balaban J connectivity index is 1.75. The van der Waals surface area contributed by atoms with Crippen LogP contribution < -0.4 is 5.32 Å². The first-order chi connectivity index (χ1) is 14.0. The molecule has 2 rings (SSSR count). The Kier molecular flexibility index (Phi) is 9.59. The maximum Gasteiger partial charge on any atom is 0.339 e. The lowest BCUT2D eigenvalue weighted by Gasteiger charge is -2.12. The minimum absolute atomic E-state index is 0.0501. The molecule has 8 heteroatoms. The molecule has 0 heterocycles. The molecule has 0 saturated carbocycles. The summed E-state index contributed by atoms with van der Waals surface area (Å²) in [5.74, 6) is -0.0370. The molecule has 2 aromatic carbocycles. The normalized spacial score (nSPS) is 10.3. The van der Waals surface area contributed by atoms with E-state index in [0.29, 0.717) is 17.0 Å². The van der Waals surface area contributed by atoms with Gasteiger partial charge in [0, 0.05) is 36.2 Å². The molecule has 2 amide bonds. The van der Waals surface area contributed by atoms with E-state index in [1.54, 1.807) is 50.1 Å². The molecule has 0 spiro atoms. The second-order valence-corrected chi connectivity index (χ2v) is 8.35. The van der Waals surface area contributed by atoms with Crippen LogP contribution in [-0.4, -0.2) is 61.4 Å². The van der Waals surface area contributed by atoms with Gasteiger partial charge in [0.25, 0.3) is 5.91 Å². The van der Waals surface area contributed by atoms with Crippen LogP contribution >= 0.6 is 23.5 Å². The van der Waals surface area contributed by atoms with Crippen molar-refractivity contribution in [2.24, 2.45) is 0 Å². The monoisotopic (exact) mass is 432 g/mol. The van der Waals surface area contributed by atoms with Gasteiger partial charge in [-0.3, -0.25) is 9.59 Å². The van der Waals surface area contributed by atoms with Gasteiger partial charge in [-0.15, -0.1) is 23.5 Å². The van der Waals surface area contributed by atoms with Gasteiger partial charge < -0.3 is 15.0 Å². The second kappa shape index (κ2) is 12.2. The van der Waals surface area contributed by atoms with Gasteiger partial charge in [0.15, 0.2) is 6.61 Å². The zero-order valence-electron chi connectivity index (χ0n) is 16.4. The zero-order valence-corrected chi connectivity index (χ0v) is 18.1. The molecule has 0 aliphatic carbocycles. The zero-order chi connectivity index (χ0) is 21.1. The van der Waals surface area contributed by atoms with Crippen molar-refractivity contribution in [2.75, 3.05) is 38.8 Å². The molecule has 0 unspecified atom stereocenters. The fraction of sp³-hybridized carbons (Fsp3) is 0.286. The first-order valence-electron chi connectivity index (χ1n) is 9.01. The molecule has 29 heavy (non-hydrogen) atoms. The third kappa shape index (κ3) is 8.21. The van der Waals surface area contributed by atoms with E-state index in [2.05, 4.69) is 5.32 Å². The molecule has 0 atom stereocenters. The lowest BCUT2D eigenvalue weighted by atomic mass is 10.2. The third-order valence-electron chi connectivity index (χ3n) is 3.73. The van der Waals surface area contributed by atoms with Gasteiger partial charge in [-0.05, 0) is 24.3 Å². The maximum atomic E-state index is 12.3. The standard InChI is InChI=1S/C21H24N2O4S2/c1-23(2)20(25)15-29-18-11-7-6-10-17(18)21(26)27-14-19(24)22-12-13-28-16-8-4-3-5-9-16/h3-11H,12-15H2,1-2H3,(H,22,24). The molecule has 0 radical (unpaired) electrons. The van der Waals surface area contributed by atoms with Crippen LogP contribution in [0.5, 0.6) is 0 Å². The Hall–Kier alpha value is -2.45. The van der Waals surface area contributed by atoms with Crippen LogP contribution in [0.2, 0.25) is 0 Å². The number of benzene rings is 2. The highest BCUT2D eigenvalue weighted by Crippen LogP contribution is 2.23. The van der Waals surface area contributed by atoms with Gasteiger partial charge in [0.2, 0.25) is 5.91 Å². The first-order valence-corrected chi connectivity index (χ1v) is 11.0. The fourth-order valence-electron chi connectivity index (χ4n) is 2.17. The summed E-state index contributed by atoms with van der Waals surface area (Å²) < 4.78 is 5.13. The molecule has 0 aromatic heterocycles. The van der Waals surface area contributed by atoms with Crippen molar-refractivity contribution in [3.05, 3.63) is 60.2 Å². The van der Waals surface area contributed by atoms with Crippen LogP contribution in [0.3, 0.4) is 0 Å². The van der Waals surface area contributed by atoms with E-state index in [-0.39, 0.29) is 24.2 Å². The molecular weight excluding hydrogens is 408 g/mol. The van der Waals surface area contributed by atoms with E-state index >= 15 is 0 Å². The molecule has 0 fully saturated rings. The Morgan fingerprint density at radius 1 is 0.966 bits per heavy atom. The molecule has 6 nitrogen and oxygen atoms in total. The van der Waals surface area contributed by atoms with E-state index < -0.39 is 5.97 Å². The highest BCUT2D eigenvalue weighted by Gasteiger charge is 2.16. The summed E-state index contributed by atoms with van der Waals surface area (Å²) in [5.41, 5.74) is 0.344. The van der Waals surface area contributed by atoms with Crippen molar-refractivity contribution in [3.8, 4) is 0 Å². The number of carbonyl (C=O) groups is 3. The lowest BCUT2D eigenvalue weighted by molar-refractivity contribution is -0.126. The SMILES string of the molecule is CN(C)C(=O)CSc1ccccc1C(=O)OCC(=O)NCCSc1ccccc1. The average molecular weight is 433 g/mol. The Morgan fingerprint density at radius 3 is 2.38 bits per heavy atom. The van der Waals surface area contributed by atoms with Gasteiger partial charge in [0.1, 0.15) is 0 Å². The van der Waals surface area contributed by atoms with E-state index in [4.69, 9.17) is 4.74 Å². The van der Waals surface area contributed by atoms with Crippen LogP contribution in [0.15, 0.2) is 64.4 Å². The Bertz CT molecular complexity index is 828. The van der Waals surface area contributed by atoms with E-state index in [9.17, 15) is 14.4 Å².